The topological polar surface area (TPSA) is 80.4 Å². The molecule has 1 N–H and O–H groups in total. The molecule has 0 aliphatic carbocycles. The summed E-state index contributed by atoms with van der Waals surface area (Å²) < 4.78 is 2.17. The normalized spacial score (nSPS) is 16.4. The quantitative estimate of drug-likeness (QED) is 0.490. The summed E-state index contributed by atoms with van der Waals surface area (Å²) in [5.41, 5.74) is 4.99. The molecule has 0 bridgehead atoms. The van der Waals surface area contributed by atoms with Gasteiger partial charge in [-0.25, -0.2) is 0 Å². The number of aryl methyl sites for hydroxylation is 3. The number of carbonyl (C=O) groups excluding carboxylic acids is 1. The third-order valence-corrected chi connectivity index (χ3v) is 5.89. The third-order valence-electron chi connectivity index (χ3n) is 5.89. The van der Waals surface area contributed by atoms with E-state index in [0.717, 1.165) is 42.0 Å². The fourth-order valence-electron chi connectivity index (χ4n) is 4.20. The van der Waals surface area contributed by atoms with Gasteiger partial charge in [-0.2, -0.15) is 0 Å². The van der Waals surface area contributed by atoms with E-state index in [2.05, 4.69) is 14.8 Å². The van der Waals surface area contributed by atoms with E-state index in [1.807, 2.05) is 56.4 Å². The van der Waals surface area contributed by atoms with Crippen molar-refractivity contribution in [2.75, 3.05) is 18.4 Å². The predicted molar refractivity (Wildman–Crippen MR) is 120 cm³/mol. The Morgan fingerprint density at radius 1 is 1.10 bits per heavy atom. The molecule has 160 valence electrons. The first-order chi connectivity index (χ1) is 14.9. The van der Waals surface area contributed by atoms with Crippen LogP contribution in [0.3, 0.4) is 0 Å². The summed E-state index contributed by atoms with van der Waals surface area (Å²) >= 11 is 0. The van der Waals surface area contributed by atoms with Crippen LogP contribution in [0, 0.1) is 24.0 Å². The van der Waals surface area contributed by atoms with E-state index in [4.69, 9.17) is 0 Å². The molecule has 1 atom stereocenters. The number of anilines is 1. The highest BCUT2D eigenvalue weighted by atomic mass is 16.6. The van der Waals surface area contributed by atoms with Crippen LogP contribution in [0.5, 0.6) is 0 Å². The molecular formula is C24H26N4O3. The number of aromatic nitrogens is 1. The second-order valence-corrected chi connectivity index (χ2v) is 8.05. The SMILES string of the molecule is Cc1ccc(NC(=O)CN2CCCn3cccc3C2c2cccc([N+](=O)[O-])c2)cc1C. The van der Waals surface area contributed by atoms with Gasteiger partial charge in [0.15, 0.2) is 0 Å². The highest BCUT2D eigenvalue weighted by molar-refractivity contribution is 5.92. The Bertz CT molecular complexity index is 1120. The van der Waals surface area contributed by atoms with Crippen LogP contribution in [0.1, 0.15) is 34.8 Å². The maximum absolute atomic E-state index is 12.9. The van der Waals surface area contributed by atoms with Gasteiger partial charge in [0.25, 0.3) is 5.69 Å². The summed E-state index contributed by atoms with van der Waals surface area (Å²) in [6.07, 6.45) is 2.92. The molecule has 0 saturated heterocycles. The number of nitrogens with one attached hydrogen (secondary N) is 1. The van der Waals surface area contributed by atoms with Crippen molar-refractivity contribution in [3.05, 3.63) is 93.3 Å². The average molecular weight is 418 g/mol. The third kappa shape index (κ3) is 4.51. The lowest BCUT2D eigenvalue weighted by Crippen LogP contribution is -2.37. The molecule has 2 aromatic carbocycles. The number of non-ortho nitro benzene ring substituents is 1. The van der Waals surface area contributed by atoms with Gasteiger partial charge in [-0.15, -0.1) is 0 Å². The molecule has 7 heteroatoms. The van der Waals surface area contributed by atoms with Crippen molar-refractivity contribution < 1.29 is 9.72 Å². The summed E-state index contributed by atoms with van der Waals surface area (Å²) in [5, 5.41) is 14.3. The molecule has 31 heavy (non-hydrogen) atoms. The first-order valence-corrected chi connectivity index (χ1v) is 10.4. The van der Waals surface area contributed by atoms with Crippen molar-refractivity contribution in [2.45, 2.75) is 32.9 Å². The van der Waals surface area contributed by atoms with E-state index in [1.54, 1.807) is 12.1 Å². The second kappa shape index (κ2) is 8.73. The Kier molecular flexibility index (Phi) is 5.86. The molecule has 3 aromatic rings. The fourth-order valence-corrected chi connectivity index (χ4v) is 4.20. The van der Waals surface area contributed by atoms with Gasteiger partial charge >= 0.3 is 0 Å². The van der Waals surface area contributed by atoms with Gasteiger partial charge in [0.1, 0.15) is 0 Å². The molecule has 0 spiro atoms. The Labute approximate surface area is 181 Å². The number of nitro groups is 1. The summed E-state index contributed by atoms with van der Waals surface area (Å²) in [6, 6.07) is 16.4. The molecule has 4 rings (SSSR count). The van der Waals surface area contributed by atoms with Crippen LogP contribution >= 0.6 is 0 Å². The van der Waals surface area contributed by atoms with Gasteiger partial charge in [-0.1, -0.05) is 18.2 Å². The molecular weight excluding hydrogens is 392 g/mol. The lowest BCUT2D eigenvalue weighted by molar-refractivity contribution is -0.384. The van der Waals surface area contributed by atoms with Crippen molar-refractivity contribution in [1.29, 1.82) is 0 Å². The number of benzene rings is 2. The zero-order valence-corrected chi connectivity index (χ0v) is 17.7. The van der Waals surface area contributed by atoms with Crippen LogP contribution in [-0.2, 0) is 11.3 Å². The second-order valence-electron chi connectivity index (χ2n) is 8.05. The lowest BCUT2D eigenvalue weighted by Gasteiger charge is -2.30. The first kappa shape index (κ1) is 20.8. The fraction of sp³-hybridized carbons (Fsp3) is 0.292. The van der Waals surface area contributed by atoms with Crippen LogP contribution in [0.2, 0.25) is 0 Å². The summed E-state index contributed by atoms with van der Waals surface area (Å²) in [5.74, 6) is -0.0984. The Morgan fingerprint density at radius 3 is 2.71 bits per heavy atom. The van der Waals surface area contributed by atoms with Gasteiger partial charge in [0.2, 0.25) is 5.91 Å². The molecule has 7 nitrogen and oxygen atoms in total. The van der Waals surface area contributed by atoms with Gasteiger partial charge in [0.05, 0.1) is 17.5 Å². The highest BCUT2D eigenvalue weighted by Gasteiger charge is 2.29. The lowest BCUT2D eigenvalue weighted by atomic mass is 10.0. The maximum Gasteiger partial charge on any atom is 0.269 e. The van der Waals surface area contributed by atoms with E-state index in [-0.39, 0.29) is 29.1 Å². The summed E-state index contributed by atoms with van der Waals surface area (Å²) in [7, 11) is 0. The molecule has 1 unspecified atom stereocenters. The van der Waals surface area contributed by atoms with Gasteiger partial charge in [0, 0.05) is 42.8 Å². The monoisotopic (exact) mass is 418 g/mol. The van der Waals surface area contributed by atoms with E-state index < -0.39 is 0 Å². The molecule has 0 fully saturated rings. The first-order valence-electron chi connectivity index (χ1n) is 10.4. The van der Waals surface area contributed by atoms with Gasteiger partial charge in [-0.05, 0) is 61.2 Å². The molecule has 1 aliphatic heterocycles. The van der Waals surface area contributed by atoms with E-state index in [1.165, 1.54) is 11.6 Å². The Morgan fingerprint density at radius 2 is 1.94 bits per heavy atom. The van der Waals surface area contributed by atoms with Crippen molar-refractivity contribution >= 4 is 17.3 Å². The smallest absolute Gasteiger partial charge is 0.269 e. The van der Waals surface area contributed by atoms with Crippen LogP contribution in [0.4, 0.5) is 11.4 Å². The molecule has 1 aliphatic rings. The average Bonchev–Trinajstić information content (AvgIpc) is 3.12. The molecule has 1 aromatic heterocycles. The number of fused-ring (bicyclic) bond motifs is 1. The minimum absolute atomic E-state index is 0.0550. The highest BCUT2D eigenvalue weighted by Crippen LogP contribution is 2.33. The number of rotatable bonds is 5. The van der Waals surface area contributed by atoms with E-state index in [9.17, 15) is 14.9 Å². The van der Waals surface area contributed by atoms with Crippen molar-refractivity contribution in [3.63, 3.8) is 0 Å². The minimum atomic E-state index is -0.379. The summed E-state index contributed by atoms with van der Waals surface area (Å²) in [4.78, 5) is 26.0. The standard InChI is InChI=1S/C24H26N4O3/c1-17-9-10-20(14-18(17)2)25-23(29)16-27-13-5-12-26-11-4-8-22(26)24(27)19-6-3-7-21(15-19)28(30)31/h3-4,6-11,14-15,24H,5,12-13,16H2,1-2H3,(H,25,29). The van der Waals surface area contributed by atoms with Crippen LogP contribution in [-0.4, -0.2) is 33.4 Å². The molecule has 2 heterocycles. The largest absolute Gasteiger partial charge is 0.350 e. The zero-order valence-electron chi connectivity index (χ0n) is 17.7. The van der Waals surface area contributed by atoms with E-state index in [0.29, 0.717) is 0 Å². The number of nitrogens with zero attached hydrogens (tertiary/aromatic N) is 3. The maximum atomic E-state index is 12.9. The minimum Gasteiger partial charge on any atom is -0.350 e. The predicted octanol–water partition coefficient (Wildman–Crippen LogP) is 4.45. The van der Waals surface area contributed by atoms with Crippen LogP contribution in [0.15, 0.2) is 60.8 Å². The van der Waals surface area contributed by atoms with Crippen LogP contribution < -0.4 is 5.32 Å². The number of carbonyl (C=O) groups is 1. The van der Waals surface area contributed by atoms with Crippen molar-refractivity contribution in [3.8, 4) is 0 Å². The Balaban J connectivity index is 1.63. The van der Waals surface area contributed by atoms with E-state index >= 15 is 0 Å². The number of nitro benzene ring substituents is 1. The molecule has 1 amide bonds. The zero-order chi connectivity index (χ0) is 22.0. The Hall–Kier alpha value is -3.45. The van der Waals surface area contributed by atoms with Crippen molar-refractivity contribution in [1.82, 2.24) is 9.47 Å². The number of hydrogen-bond acceptors (Lipinski definition) is 4. The number of hydrogen-bond donors (Lipinski definition) is 1. The van der Waals surface area contributed by atoms with Crippen molar-refractivity contribution in [2.24, 2.45) is 0 Å². The summed E-state index contributed by atoms with van der Waals surface area (Å²) in [6.45, 7) is 5.83. The molecule has 0 radical (unpaired) electrons. The molecule has 0 saturated carbocycles. The number of amides is 1. The van der Waals surface area contributed by atoms with Gasteiger partial charge in [-0.3, -0.25) is 19.8 Å². The van der Waals surface area contributed by atoms with Gasteiger partial charge < -0.3 is 9.88 Å². The van der Waals surface area contributed by atoms with Crippen LogP contribution in [0.25, 0.3) is 0 Å².